The summed E-state index contributed by atoms with van der Waals surface area (Å²) in [5, 5.41) is 7.42. The Hall–Kier alpha value is -0.900. The summed E-state index contributed by atoms with van der Waals surface area (Å²) < 4.78 is 5.34. The van der Waals surface area contributed by atoms with Gasteiger partial charge in [-0.1, -0.05) is 39.8 Å². The average Bonchev–Trinajstić information content (AvgIpc) is 2.62. The van der Waals surface area contributed by atoms with E-state index in [4.69, 9.17) is 4.52 Å². The lowest BCUT2D eigenvalue weighted by Gasteiger charge is -2.17. The van der Waals surface area contributed by atoms with Crippen LogP contribution < -0.4 is 5.32 Å². The van der Waals surface area contributed by atoms with Gasteiger partial charge in [-0.05, 0) is 18.9 Å². The van der Waals surface area contributed by atoms with Crippen LogP contribution in [0.15, 0.2) is 4.52 Å². The third kappa shape index (κ3) is 4.46. The molecule has 0 saturated carbocycles. The molecule has 0 bridgehead atoms. The van der Waals surface area contributed by atoms with Crippen molar-refractivity contribution < 1.29 is 4.52 Å². The number of rotatable bonds is 5. The fourth-order valence-electron chi connectivity index (χ4n) is 1.71. The van der Waals surface area contributed by atoms with Gasteiger partial charge in [-0.3, -0.25) is 0 Å². The molecule has 2 atom stereocenters. The van der Waals surface area contributed by atoms with Crippen LogP contribution in [0.2, 0.25) is 0 Å². The van der Waals surface area contributed by atoms with Gasteiger partial charge in [0.25, 0.3) is 0 Å². The number of likely N-dealkylation sites (N-methyl/N-ethyl adjacent to an activating group) is 1. The highest BCUT2D eigenvalue weighted by Gasteiger charge is 2.22. The van der Waals surface area contributed by atoms with Gasteiger partial charge in [-0.15, -0.1) is 0 Å². The number of aromatic nitrogens is 2. The van der Waals surface area contributed by atoms with Crippen molar-refractivity contribution in [1.29, 1.82) is 0 Å². The molecule has 1 heterocycles. The van der Waals surface area contributed by atoms with Crippen molar-refractivity contribution in [3.8, 4) is 0 Å². The van der Waals surface area contributed by atoms with Crippen molar-refractivity contribution in [2.75, 3.05) is 6.54 Å². The Morgan fingerprint density at radius 2 is 1.94 bits per heavy atom. The summed E-state index contributed by atoms with van der Waals surface area (Å²) in [6, 6.07) is 0.350. The van der Waals surface area contributed by atoms with Crippen LogP contribution in [0, 0.1) is 5.41 Å². The minimum Gasteiger partial charge on any atom is -0.339 e. The normalized spacial score (nSPS) is 15.9. The second kappa shape index (κ2) is 5.63. The molecule has 1 aromatic heterocycles. The Balaban J connectivity index is 2.67. The van der Waals surface area contributed by atoms with Crippen LogP contribution >= 0.6 is 0 Å². The molecule has 1 aromatic rings. The molecule has 0 aliphatic rings. The zero-order chi connectivity index (χ0) is 13.1. The molecule has 1 N–H and O–H groups in total. The van der Waals surface area contributed by atoms with Crippen LogP contribution in [0.5, 0.6) is 0 Å². The number of hydrogen-bond acceptors (Lipinski definition) is 4. The minimum absolute atomic E-state index is 0.192. The van der Waals surface area contributed by atoms with Crippen LogP contribution in [0.4, 0.5) is 0 Å². The van der Waals surface area contributed by atoms with Crippen molar-refractivity contribution in [1.82, 2.24) is 15.5 Å². The Bertz CT molecular complexity index is 341. The monoisotopic (exact) mass is 239 g/mol. The van der Waals surface area contributed by atoms with E-state index >= 15 is 0 Å². The maximum atomic E-state index is 5.34. The van der Waals surface area contributed by atoms with Crippen molar-refractivity contribution >= 4 is 0 Å². The van der Waals surface area contributed by atoms with Gasteiger partial charge in [0.15, 0.2) is 5.82 Å². The van der Waals surface area contributed by atoms with Gasteiger partial charge >= 0.3 is 0 Å². The molecule has 0 fully saturated rings. The van der Waals surface area contributed by atoms with E-state index in [0.717, 1.165) is 24.7 Å². The lowest BCUT2D eigenvalue weighted by Crippen LogP contribution is -2.30. The number of hydrogen-bond donors (Lipinski definition) is 1. The van der Waals surface area contributed by atoms with E-state index in [1.165, 1.54) is 0 Å². The van der Waals surface area contributed by atoms with E-state index in [1.807, 2.05) is 0 Å². The first-order valence-electron chi connectivity index (χ1n) is 6.39. The van der Waals surface area contributed by atoms with Crippen molar-refractivity contribution in [3.63, 3.8) is 0 Å². The van der Waals surface area contributed by atoms with E-state index in [9.17, 15) is 0 Å². The minimum atomic E-state index is 0.192. The third-order valence-electron chi connectivity index (χ3n) is 2.84. The largest absolute Gasteiger partial charge is 0.339 e. The molecule has 17 heavy (non-hydrogen) atoms. The van der Waals surface area contributed by atoms with E-state index in [1.54, 1.807) is 0 Å². The summed E-state index contributed by atoms with van der Waals surface area (Å²) in [6.07, 6.45) is 0.846. The lowest BCUT2D eigenvalue weighted by atomic mass is 9.92. The highest BCUT2D eigenvalue weighted by Crippen LogP contribution is 2.21. The first-order chi connectivity index (χ1) is 7.83. The van der Waals surface area contributed by atoms with Gasteiger partial charge in [0.1, 0.15) is 0 Å². The van der Waals surface area contributed by atoms with Crippen molar-refractivity contribution in [2.24, 2.45) is 5.41 Å². The number of nitrogens with one attached hydrogen (secondary N) is 1. The summed E-state index contributed by atoms with van der Waals surface area (Å²) in [5.41, 5.74) is 0.192. The van der Waals surface area contributed by atoms with Crippen LogP contribution in [0.1, 0.15) is 59.2 Å². The zero-order valence-corrected chi connectivity index (χ0v) is 11.9. The molecule has 0 saturated heterocycles. The fourth-order valence-corrected chi connectivity index (χ4v) is 1.71. The summed E-state index contributed by atoms with van der Waals surface area (Å²) >= 11 is 0. The quantitative estimate of drug-likeness (QED) is 0.858. The summed E-state index contributed by atoms with van der Waals surface area (Å²) in [4.78, 5) is 4.48. The molecular weight excluding hydrogens is 214 g/mol. The second-order valence-electron chi connectivity index (χ2n) is 5.92. The Morgan fingerprint density at radius 1 is 1.29 bits per heavy atom. The van der Waals surface area contributed by atoms with Gasteiger partial charge in [0.2, 0.25) is 5.89 Å². The van der Waals surface area contributed by atoms with Crippen LogP contribution in [-0.2, 0) is 6.42 Å². The maximum absolute atomic E-state index is 5.34. The molecule has 4 heteroatoms. The first-order valence-corrected chi connectivity index (χ1v) is 6.39. The molecule has 0 aliphatic heterocycles. The molecule has 0 aliphatic carbocycles. The van der Waals surface area contributed by atoms with Gasteiger partial charge < -0.3 is 9.84 Å². The Kier molecular flexibility index (Phi) is 4.69. The molecular formula is C13H25N3O. The molecule has 2 unspecified atom stereocenters. The van der Waals surface area contributed by atoms with Gasteiger partial charge in [-0.25, -0.2) is 0 Å². The summed E-state index contributed by atoms with van der Waals surface area (Å²) in [6.45, 7) is 13.8. The molecule has 98 valence electrons. The van der Waals surface area contributed by atoms with Crippen LogP contribution in [-0.4, -0.2) is 22.7 Å². The predicted molar refractivity (Wildman–Crippen MR) is 69.0 cm³/mol. The lowest BCUT2D eigenvalue weighted by molar-refractivity contribution is 0.324. The second-order valence-corrected chi connectivity index (χ2v) is 5.92. The molecule has 4 nitrogen and oxygen atoms in total. The highest BCUT2D eigenvalue weighted by atomic mass is 16.5. The molecule has 0 spiro atoms. The Morgan fingerprint density at radius 3 is 2.47 bits per heavy atom. The topological polar surface area (TPSA) is 51.0 Å². The van der Waals surface area contributed by atoms with Crippen LogP contribution in [0.25, 0.3) is 0 Å². The van der Waals surface area contributed by atoms with E-state index in [2.05, 4.69) is 57.0 Å². The first kappa shape index (κ1) is 14.2. The number of nitrogens with zero attached hydrogens (tertiary/aromatic N) is 2. The van der Waals surface area contributed by atoms with E-state index < -0.39 is 0 Å². The third-order valence-corrected chi connectivity index (χ3v) is 2.84. The highest BCUT2D eigenvalue weighted by molar-refractivity contribution is 4.97. The molecule has 0 radical (unpaired) electrons. The van der Waals surface area contributed by atoms with Crippen molar-refractivity contribution in [2.45, 2.75) is 59.9 Å². The molecule has 0 aromatic carbocycles. The standard InChI is InChI=1S/C13H25N3O/c1-7-14-10(3)9(2)12-15-11(16-17-12)8-13(4,5)6/h9-10,14H,7-8H2,1-6H3. The summed E-state index contributed by atoms with van der Waals surface area (Å²) in [5.74, 6) is 1.79. The van der Waals surface area contributed by atoms with Gasteiger partial charge in [0, 0.05) is 12.5 Å². The smallest absolute Gasteiger partial charge is 0.231 e. The van der Waals surface area contributed by atoms with E-state index in [-0.39, 0.29) is 11.3 Å². The van der Waals surface area contributed by atoms with Gasteiger partial charge in [0.05, 0.1) is 5.92 Å². The van der Waals surface area contributed by atoms with Crippen LogP contribution in [0.3, 0.4) is 0 Å². The zero-order valence-electron chi connectivity index (χ0n) is 11.9. The molecule has 1 rings (SSSR count). The Labute approximate surface area is 104 Å². The van der Waals surface area contributed by atoms with E-state index in [0.29, 0.717) is 6.04 Å². The predicted octanol–water partition coefficient (Wildman–Crippen LogP) is 2.76. The fraction of sp³-hybridized carbons (Fsp3) is 0.846. The van der Waals surface area contributed by atoms with Crippen molar-refractivity contribution in [3.05, 3.63) is 11.7 Å². The average molecular weight is 239 g/mol. The molecule has 0 amide bonds. The maximum Gasteiger partial charge on any atom is 0.231 e. The summed E-state index contributed by atoms with van der Waals surface area (Å²) in [7, 11) is 0. The van der Waals surface area contributed by atoms with Gasteiger partial charge in [-0.2, -0.15) is 4.98 Å². The SMILES string of the molecule is CCNC(C)C(C)c1nc(CC(C)(C)C)no1.